The first-order chi connectivity index (χ1) is 12.0. The highest BCUT2D eigenvalue weighted by atomic mass is 16.7. The number of rotatable bonds is 5. The number of carbonyl (C=O) groups excluding carboxylic acids is 2. The molecule has 134 valence electrons. The van der Waals surface area contributed by atoms with Crippen LogP contribution in [0.1, 0.15) is 5.56 Å². The highest BCUT2D eigenvalue weighted by Gasteiger charge is 2.69. The Morgan fingerprint density at radius 1 is 1.04 bits per heavy atom. The number of hydrogen-bond acceptors (Lipinski definition) is 8. The van der Waals surface area contributed by atoms with E-state index in [0.717, 1.165) is 0 Å². The maximum atomic E-state index is 12.4. The predicted octanol–water partition coefficient (Wildman–Crippen LogP) is 0.775. The third kappa shape index (κ3) is 2.49. The van der Waals surface area contributed by atoms with Crippen molar-refractivity contribution in [2.45, 2.75) is 12.0 Å². The van der Waals surface area contributed by atoms with Crippen LogP contribution in [0.4, 0.5) is 0 Å². The summed E-state index contributed by atoms with van der Waals surface area (Å²) < 4.78 is 26.3. The third-order valence-corrected chi connectivity index (χ3v) is 4.55. The zero-order chi connectivity index (χ0) is 18.2. The third-order valence-electron chi connectivity index (χ3n) is 4.55. The Balaban J connectivity index is 2.08. The molecule has 0 aromatic heterocycles. The Labute approximate surface area is 144 Å². The minimum absolute atomic E-state index is 0.429. The van der Waals surface area contributed by atoms with E-state index in [2.05, 4.69) is 4.99 Å². The van der Waals surface area contributed by atoms with Crippen LogP contribution in [-0.4, -0.2) is 58.1 Å². The van der Waals surface area contributed by atoms with Gasteiger partial charge < -0.3 is 23.7 Å². The van der Waals surface area contributed by atoms with Gasteiger partial charge in [0.05, 0.1) is 21.3 Å². The molecule has 1 aromatic carbocycles. The van der Waals surface area contributed by atoms with Crippen molar-refractivity contribution in [2.75, 3.05) is 28.4 Å². The van der Waals surface area contributed by atoms with Crippen LogP contribution in [-0.2, 0) is 28.5 Å². The summed E-state index contributed by atoms with van der Waals surface area (Å²) in [5.41, 5.74) is 1.13. The average Bonchev–Trinajstić information content (AvgIpc) is 3.20. The van der Waals surface area contributed by atoms with Crippen LogP contribution in [0, 0.1) is 11.8 Å². The van der Waals surface area contributed by atoms with Gasteiger partial charge in [0, 0.05) is 12.7 Å². The summed E-state index contributed by atoms with van der Waals surface area (Å²) >= 11 is 0. The maximum Gasteiger partial charge on any atom is 0.315 e. The number of hydrogen-bond donors (Lipinski definition) is 0. The van der Waals surface area contributed by atoms with Gasteiger partial charge in [-0.2, -0.15) is 0 Å². The van der Waals surface area contributed by atoms with Gasteiger partial charge in [0.1, 0.15) is 23.3 Å². The molecule has 4 unspecified atom stereocenters. The molecule has 2 heterocycles. The van der Waals surface area contributed by atoms with Crippen LogP contribution in [0.3, 0.4) is 0 Å². The van der Waals surface area contributed by atoms with E-state index in [0.29, 0.717) is 17.0 Å². The van der Waals surface area contributed by atoms with Crippen LogP contribution in [0.2, 0.25) is 0 Å². The number of nitrogens with zero attached hydrogens (tertiary/aromatic N) is 1. The van der Waals surface area contributed by atoms with Gasteiger partial charge in [0.15, 0.2) is 6.23 Å². The molecule has 0 radical (unpaired) electrons. The topological polar surface area (TPSA) is 92.7 Å². The van der Waals surface area contributed by atoms with E-state index in [1.807, 2.05) is 0 Å². The van der Waals surface area contributed by atoms with Crippen molar-refractivity contribution in [1.82, 2.24) is 0 Å². The summed E-state index contributed by atoms with van der Waals surface area (Å²) in [6.45, 7) is 0. The predicted molar refractivity (Wildman–Crippen MR) is 85.2 cm³/mol. The Bertz CT molecular complexity index is 714. The monoisotopic (exact) mass is 349 g/mol. The van der Waals surface area contributed by atoms with Gasteiger partial charge in [0.2, 0.25) is 5.79 Å². The minimum Gasteiger partial charge on any atom is -0.497 e. The smallest absolute Gasteiger partial charge is 0.315 e. The molecule has 1 fully saturated rings. The highest BCUT2D eigenvalue weighted by molar-refractivity contribution is 6.10. The largest absolute Gasteiger partial charge is 0.497 e. The summed E-state index contributed by atoms with van der Waals surface area (Å²) in [5.74, 6) is -4.01. The fourth-order valence-electron chi connectivity index (χ4n) is 3.37. The number of carbonyl (C=O) groups is 2. The first-order valence-corrected chi connectivity index (χ1v) is 7.63. The van der Waals surface area contributed by atoms with Crippen LogP contribution in [0.15, 0.2) is 29.3 Å². The number of benzene rings is 1. The van der Waals surface area contributed by atoms with Gasteiger partial charge in [-0.15, -0.1) is 0 Å². The van der Waals surface area contributed by atoms with Gasteiger partial charge in [0.25, 0.3) is 0 Å². The number of esters is 2. The van der Waals surface area contributed by atoms with E-state index in [1.54, 1.807) is 31.4 Å². The molecule has 0 spiro atoms. The molecule has 0 aliphatic carbocycles. The molecule has 2 bridgehead atoms. The zero-order valence-corrected chi connectivity index (χ0v) is 14.3. The lowest BCUT2D eigenvalue weighted by Crippen LogP contribution is -2.52. The quantitative estimate of drug-likeness (QED) is 0.725. The van der Waals surface area contributed by atoms with E-state index in [-0.39, 0.29) is 0 Å². The van der Waals surface area contributed by atoms with Gasteiger partial charge >= 0.3 is 11.9 Å². The van der Waals surface area contributed by atoms with E-state index in [9.17, 15) is 9.59 Å². The Morgan fingerprint density at radius 3 is 2.20 bits per heavy atom. The molecule has 0 N–H and O–H groups in total. The maximum absolute atomic E-state index is 12.4. The molecule has 0 amide bonds. The summed E-state index contributed by atoms with van der Waals surface area (Å²) in [7, 11) is 5.46. The second-order valence-electron chi connectivity index (χ2n) is 5.64. The molecule has 4 atom stereocenters. The minimum atomic E-state index is -1.51. The molecule has 8 nitrogen and oxygen atoms in total. The van der Waals surface area contributed by atoms with Crippen molar-refractivity contribution < 1.29 is 33.3 Å². The summed E-state index contributed by atoms with van der Waals surface area (Å²) in [6, 6.07) is 7.09. The van der Waals surface area contributed by atoms with Gasteiger partial charge in [-0.05, 0) is 24.3 Å². The Morgan fingerprint density at radius 2 is 1.68 bits per heavy atom. The molecule has 1 aromatic rings. The van der Waals surface area contributed by atoms with Crippen LogP contribution in [0.5, 0.6) is 5.75 Å². The Hall–Kier alpha value is -2.45. The van der Waals surface area contributed by atoms with E-state index >= 15 is 0 Å². The van der Waals surface area contributed by atoms with Gasteiger partial charge in [-0.25, -0.2) is 0 Å². The van der Waals surface area contributed by atoms with Crippen molar-refractivity contribution in [3.63, 3.8) is 0 Å². The first-order valence-electron chi connectivity index (χ1n) is 7.63. The molecule has 2 aliphatic rings. The van der Waals surface area contributed by atoms with Crippen molar-refractivity contribution in [2.24, 2.45) is 16.8 Å². The summed E-state index contributed by atoms with van der Waals surface area (Å²) in [4.78, 5) is 29.0. The number of fused-ring (bicyclic) bond motifs is 2. The van der Waals surface area contributed by atoms with Crippen LogP contribution >= 0.6 is 0 Å². The van der Waals surface area contributed by atoms with Gasteiger partial charge in [-0.3, -0.25) is 14.6 Å². The normalized spacial score (nSPS) is 29.9. The highest BCUT2D eigenvalue weighted by Crippen LogP contribution is 2.50. The molecule has 25 heavy (non-hydrogen) atoms. The fraction of sp³-hybridized carbons (Fsp3) is 0.471. The lowest BCUT2D eigenvalue weighted by Gasteiger charge is -2.32. The lowest BCUT2D eigenvalue weighted by atomic mass is 9.80. The second-order valence-corrected chi connectivity index (χ2v) is 5.64. The summed E-state index contributed by atoms with van der Waals surface area (Å²) in [6.07, 6.45) is -0.881. The molecule has 8 heteroatoms. The second kappa shape index (κ2) is 6.45. The molecule has 2 aliphatic heterocycles. The van der Waals surface area contributed by atoms with E-state index in [4.69, 9.17) is 23.7 Å². The fourth-order valence-corrected chi connectivity index (χ4v) is 3.37. The molecule has 0 saturated carbocycles. The SMILES string of the molecule is COC(=O)C1C2N=C(c3ccc(OC)cc3)C(OC)(O2)C1C(=O)OC. The summed E-state index contributed by atoms with van der Waals surface area (Å²) in [5, 5.41) is 0. The Kier molecular flexibility index (Phi) is 4.49. The number of aliphatic imine (C=N–C) groups is 1. The van der Waals surface area contributed by atoms with Crippen LogP contribution in [0.25, 0.3) is 0 Å². The molecule has 1 saturated heterocycles. The van der Waals surface area contributed by atoms with E-state index < -0.39 is 35.8 Å². The molecular formula is C17H19NO7. The van der Waals surface area contributed by atoms with Crippen molar-refractivity contribution >= 4 is 17.7 Å². The van der Waals surface area contributed by atoms with Crippen molar-refractivity contribution in [1.29, 1.82) is 0 Å². The zero-order valence-electron chi connectivity index (χ0n) is 14.3. The molecular weight excluding hydrogens is 330 g/mol. The van der Waals surface area contributed by atoms with Gasteiger partial charge in [-0.1, -0.05) is 0 Å². The van der Waals surface area contributed by atoms with Crippen molar-refractivity contribution in [3.05, 3.63) is 29.8 Å². The number of ether oxygens (including phenoxy) is 5. The lowest BCUT2D eigenvalue weighted by molar-refractivity contribution is -0.184. The van der Waals surface area contributed by atoms with Crippen LogP contribution < -0.4 is 4.74 Å². The molecule has 3 rings (SSSR count). The standard InChI is InChI=1S/C17H19NO7/c1-21-10-7-5-9(6-8-10)13-17(24-4)12(16(20)23-3)11(15(19)22-2)14(18-13)25-17/h5-8,11-12,14H,1-4H3. The van der Waals surface area contributed by atoms with Crippen molar-refractivity contribution in [3.8, 4) is 5.75 Å². The van der Waals surface area contributed by atoms with E-state index in [1.165, 1.54) is 21.3 Å². The first kappa shape index (κ1) is 17.4. The average molecular weight is 349 g/mol. The number of methoxy groups -OCH3 is 4.